The lowest BCUT2D eigenvalue weighted by Crippen LogP contribution is -2.14. The van der Waals surface area contributed by atoms with Crippen LogP contribution in [0.25, 0.3) is 22.2 Å². The van der Waals surface area contributed by atoms with Gasteiger partial charge in [-0.05, 0) is 30.3 Å². The minimum absolute atomic E-state index is 0.551. The molecule has 3 rings (SSSR count). The van der Waals surface area contributed by atoms with Gasteiger partial charge in [0.15, 0.2) is 0 Å². The fourth-order valence-corrected chi connectivity index (χ4v) is 2.20. The minimum atomic E-state index is 0.551. The number of anilines is 2. The van der Waals surface area contributed by atoms with Gasteiger partial charge in [0.2, 0.25) is 0 Å². The molecule has 0 fully saturated rings. The Bertz CT molecular complexity index is 752. The molecular formula is C16H17N5. The summed E-state index contributed by atoms with van der Waals surface area (Å²) >= 11 is 0. The predicted molar refractivity (Wildman–Crippen MR) is 86.9 cm³/mol. The van der Waals surface area contributed by atoms with Gasteiger partial charge >= 0.3 is 0 Å². The van der Waals surface area contributed by atoms with Crippen LogP contribution < -0.4 is 16.8 Å². The van der Waals surface area contributed by atoms with E-state index >= 15 is 0 Å². The van der Waals surface area contributed by atoms with Crippen LogP contribution in [0.2, 0.25) is 0 Å². The molecule has 5 heteroatoms. The van der Waals surface area contributed by atoms with Crippen LogP contribution in [-0.4, -0.2) is 23.1 Å². The Balaban J connectivity index is 2.12. The highest BCUT2D eigenvalue weighted by Gasteiger charge is 2.08. The van der Waals surface area contributed by atoms with Crippen LogP contribution in [0, 0.1) is 0 Å². The lowest BCUT2D eigenvalue weighted by Gasteiger charge is -2.10. The Kier molecular flexibility index (Phi) is 3.66. The molecule has 5 N–H and O–H groups in total. The summed E-state index contributed by atoms with van der Waals surface area (Å²) < 4.78 is 0. The first kappa shape index (κ1) is 13.3. The third kappa shape index (κ3) is 2.78. The summed E-state index contributed by atoms with van der Waals surface area (Å²) in [4.78, 5) is 9.11. The van der Waals surface area contributed by atoms with Gasteiger partial charge in [0.25, 0.3) is 0 Å². The van der Waals surface area contributed by atoms with Crippen LogP contribution in [0.4, 0.5) is 11.5 Å². The third-order valence-electron chi connectivity index (χ3n) is 3.24. The summed E-state index contributed by atoms with van der Waals surface area (Å²) in [6, 6.07) is 13.5. The van der Waals surface area contributed by atoms with Gasteiger partial charge in [0, 0.05) is 35.9 Å². The standard InChI is InChI=1S/C16H17N5/c17-7-9-20-16-13-2-1-8-19-15(13)10-14(21-16)11-3-5-12(18)6-4-11/h1-6,8,10H,7,9,17-18H2,(H,20,21). The first-order valence-corrected chi connectivity index (χ1v) is 6.83. The molecule has 106 valence electrons. The molecule has 5 nitrogen and oxygen atoms in total. The van der Waals surface area contributed by atoms with Crippen molar-refractivity contribution in [2.24, 2.45) is 5.73 Å². The van der Waals surface area contributed by atoms with Crippen LogP contribution in [0.15, 0.2) is 48.7 Å². The Labute approximate surface area is 123 Å². The SMILES string of the molecule is NCCNc1nc(-c2ccc(N)cc2)cc2ncccc12. The molecular weight excluding hydrogens is 262 g/mol. The summed E-state index contributed by atoms with van der Waals surface area (Å²) in [5, 5.41) is 4.25. The molecule has 0 spiro atoms. The third-order valence-corrected chi connectivity index (χ3v) is 3.24. The van der Waals surface area contributed by atoms with Gasteiger partial charge in [-0.25, -0.2) is 4.98 Å². The normalized spacial score (nSPS) is 10.7. The maximum absolute atomic E-state index is 5.73. The predicted octanol–water partition coefficient (Wildman–Crippen LogP) is 2.25. The van der Waals surface area contributed by atoms with Crippen molar-refractivity contribution in [3.05, 3.63) is 48.7 Å². The zero-order valence-corrected chi connectivity index (χ0v) is 11.6. The number of nitrogens with one attached hydrogen (secondary N) is 1. The second-order valence-corrected chi connectivity index (χ2v) is 4.76. The van der Waals surface area contributed by atoms with Crippen molar-refractivity contribution < 1.29 is 0 Å². The molecule has 0 unspecified atom stereocenters. The second kappa shape index (κ2) is 5.76. The van der Waals surface area contributed by atoms with E-state index in [0.717, 1.165) is 33.7 Å². The average Bonchev–Trinajstić information content (AvgIpc) is 2.53. The molecule has 0 aliphatic rings. The van der Waals surface area contributed by atoms with Gasteiger partial charge in [0.05, 0.1) is 11.2 Å². The number of fused-ring (bicyclic) bond motifs is 1. The van der Waals surface area contributed by atoms with E-state index in [1.807, 2.05) is 42.5 Å². The smallest absolute Gasteiger partial charge is 0.136 e. The maximum Gasteiger partial charge on any atom is 0.136 e. The van der Waals surface area contributed by atoms with Crippen LogP contribution in [0.5, 0.6) is 0 Å². The molecule has 0 radical (unpaired) electrons. The van der Waals surface area contributed by atoms with Gasteiger partial charge in [-0.2, -0.15) is 0 Å². The van der Waals surface area contributed by atoms with Crippen molar-refractivity contribution in [2.75, 3.05) is 24.1 Å². The molecule has 1 aromatic carbocycles. The highest BCUT2D eigenvalue weighted by molar-refractivity contribution is 5.91. The van der Waals surface area contributed by atoms with E-state index in [4.69, 9.17) is 16.5 Å². The van der Waals surface area contributed by atoms with E-state index in [2.05, 4.69) is 10.3 Å². The summed E-state index contributed by atoms with van der Waals surface area (Å²) in [5.74, 6) is 0.804. The summed E-state index contributed by atoms with van der Waals surface area (Å²) in [7, 11) is 0. The number of hydrogen-bond donors (Lipinski definition) is 3. The molecule has 2 heterocycles. The van der Waals surface area contributed by atoms with Crippen molar-refractivity contribution in [1.82, 2.24) is 9.97 Å². The van der Waals surface area contributed by atoms with Gasteiger partial charge in [0.1, 0.15) is 5.82 Å². The van der Waals surface area contributed by atoms with Crippen molar-refractivity contribution in [2.45, 2.75) is 0 Å². The summed E-state index contributed by atoms with van der Waals surface area (Å²) in [6.45, 7) is 1.22. The van der Waals surface area contributed by atoms with E-state index in [1.54, 1.807) is 6.20 Å². The molecule has 21 heavy (non-hydrogen) atoms. The molecule has 0 aliphatic heterocycles. The molecule has 3 aromatic rings. The number of rotatable bonds is 4. The van der Waals surface area contributed by atoms with Crippen molar-refractivity contribution in [3.8, 4) is 11.3 Å². The monoisotopic (exact) mass is 279 g/mol. The Morgan fingerprint density at radius 3 is 2.67 bits per heavy atom. The summed E-state index contributed by atoms with van der Waals surface area (Å²) in [5.41, 5.74) is 14.8. The van der Waals surface area contributed by atoms with Gasteiger partial charge in [-0.15, -0.1) is 0 Å². The fraction of sp³-hybridized carbons (Fsp3) is 0.125. The lowest BCUT2D eigenvalue weighted by atomic mass is 10.1. The average molecular weight is 279 g/mol. The largest absolute Gasteiger partial charge is 0.399 e. The molecule has 0 amide bonds. The van der Waals surface area contributed by atoms with Crippen LogP contribution >= 0.6 is 0 Å². The van der Waals surface area contributed by atoms with Crippen LogP contribution in [-0.2, 0) is 0 Å². The minimum Gasteiger partial charge on any atom is -0.399 e. The number of benzene rings is 1. The zero-order valence-electron chi connectivity index (χ0n) is 11.6. The van der Waals surface area contributed by atoms with Gasteiger partial charge in [-0.1, -0.05) is 12.1 Å². The Hall–Kier alpha value is -2.66. The van der Waals surface area contributed by atoms with E-state index in [0.29, 0.717) is 13.1 Å². The van der Waals surface area contributed by atoms with Gasteiger partial charge in [-0.3, -0.25) is 4.98 Å². The number of pyridine rings is 2. The fourth-order valence-electron chi connectivity index (χ4n) is 2.20. The lowest BCUT2D eigenvalue weighted by molar-refractivity contribution is 1.02. The van der Waals surface area contributed by atoms with E-state index in [1.165, 1.54) is 0 Å². The van der Waals surface area contributed by atoms with E-state index < -0.39 is 0 Å². The summed E-state index contributed by atoms with van der Waals surface area (Å²) in [6.07, 6.45) is 1.78. The van der Waals surface area contributed by atoms with Crippen LogP contribution in [0.3, 0.4) is 0 Å². The molecule has 0 aliphatic carbocycles. The second-order valence-electron chi connectivity index (χ2n) is 4.76. The molecule has 0 bridgehead atoms. The maximum atomic E-state index is 5.73. The zero-order chi connectivity index (χ0) is 14.7. The van der Waals surface area contributed by atoms with E-state index in [-0.39, 0.29) is 0 Å². The first-order valence-electron chi connectivity index (χ1n) is 6.83. The highest BCUT2D eigenvalue weighted by atomic mass is 15.0. The topological polar surface area (TPSA) is 89.8 Å². The van der Waals surface area contributed by atoms with E-state index in [9.17, 15) is 0 Å². The number of hydrogen-bond acceptors (Lipinski definition) is 5. The first-order chi connectivity index (χ1) is 10.3. The Morgan fingerprint density at radius 2 is 1.90 bits per heavy atom. The number of aromatic nitrogens is 2. The van der Waals surface area contributed by atoms with Crippen molar-refractivity contribution in [1.29, 1.82) is 0 Å². The quantitative estimate of drug-likeness (QED) is 0.637. The molecule has 0 saturated carbocycles. The number of nitrogens with zero attached hydrogens (tertiary/aromatic N) is 2. The van der Waals surface area contributed by atoms with Gasteiger partial charge < -0.3 is 16.8 Å². The molecule has 0 saturated heterocycles. The number of nitrogens with two attached hydrogens (primary N) is 2. The van der Waals surface area contributed by atoms with Crippen LogP contribution in [0.1, 0.15) is 0 Å². The Morgan fingerprint density at radius 1 is 1.10 bits per heavy atom. The van der Waals surface area contributed by atoms with Crippen molar-refractivity contribution >= 4 is 22.4 Å². The van der Waals surface area contributed by atoms with Crippen molar-refractivity contribution in [3.63, 3.8) is 0 Å². The molecule has 0 atom stereocenters. The molecule has 2 aromatic heterocycles. The number of nitrogen functional groups attached to an aromatic ring is 1. The highest BCUT2D eigenvalue weighted by Crippen LogP contribution is 2.26.